The van der Waals surface area contributed by atoms with Crippen molar-refractivity contribution >= 4 is 22.3 Å². The zero-order valence-electron chi connectivity index (χ0n) is 21.1. The molecule has 1 aliphatic carbocycles. The van der Waals surface area contributed by atoms with Gasteiger partial charge in [-0.2, -0.15) is 0 Å². The second-order valence-corrected chi connectivity index (χ2v) is 10.5. The summed E-state index contributed by atoms with van der Waals surface area (Å²) in [5.41, 5.74) is 9.78. The van der Waals surface area contributed by atoms with Crippen LogP contribution in [0.2, 0.25) is 0 Å². The van der Waals surface area contributed by atoms with Gasteiger partial charge >= 0.3 is 0 Å². The molecule has 178 valence electrons. The van der Waals surface area contributed by atoms with Crippen molar-refractivity contribution in [1.82, 2.24) is 5.32 Å². The number of benzene rings is 5. The van der Waals surface area contributed by atoms with Gasteiger partial charge in [-0.05, 0) is 56.3 Å². The van der Waals surface area contributed by atoms with E-state index >= 15 is 0 Å². The molecule has 0 saturated carbocycles. The Balaban J connectivity index is 1.53. The van der Waals surface area contributed by atoms with Crippen LogP contribution in [0.3, 0.4) is 0 Å². The summed E-state index contributed by atoms with van der Waals surface area (Å²) in [5, 5.41) is 6.31. The zero-order chi connectivity index (χ0) is 25.0. The average molecular weight is 477 g/mol. The number of rotatable bonds is 3. The maximum Gasteiger partial charge on any atom is 0.135 e. The van der Waals surface area contributed by atoms with Crippen LogP contribution in [0, 0.1) is 0 Å². The lowest BCUT2D eigenvalue weighted by molar-refractivity contribution is 0.661. The third-order valence-corrected chi connectivity index (χ3v) is 7.91. The summed E-state index contributed by atoms with van der Waals surface area (Å²) >= 11 is 0. The van der Waals surface area contributed by atoms with Crippen LogP contribution in [0.4, 0.5) is 0 Å². The number of nitrogens with one attached hydrogen (secondary N) is 1. The van der Waals surface area contributed by atoms with Crippen LogP contribution in [-0.2, 0) is 5.41 Å². The molecule has 1 N–H and O–H groups in total. The molecule has 0 bridgehead atoms. The van der Waals surface area contributed by atoms with E-state index in [-0.39, 0.29) is 11.5 Å². The standard InChI is InChI=1S/C35H28N2/c1-35(2)28-20-12-11-19-27(28)32-29(35)21-25-17-9-10-18-26(25)33(32)34-36-30(23-13-5-3-6-14-23)22-31(37-34)24-15-7-4-8-16-24/h3-22,30H,1-2H3,(H,36,37). The van der Waals surface area contributed by atoms with Crippen molar-refractivity contribution in [3.8, 4) is 11.1 Å². The third kappa shape index (κ3) is 3.44. The van der Waals surface area contributed by atoms with Crippen molar-refractivity contribution in [2.45, 2.75) is 25.3 Å². The van der Waals surface area contributed by atoms with E-state index in [2.05, 4.69) is 141 Å². The third-order valence-electron chi connectivity index (χ3n) is 7.91. The van der Waals surface area contributed by atoms with Gasteiger partial charge in [0.2, 0.25) is 0 Å². The molecule has 0 radical (unpaired) electrons. The number of hydrogen-bond donors (Lipinski definition) is 1. The van der Waals surface area contributed by atoms with E-state index in [1.807, 2.05) is 0 Å². The van der Waals surface area contributed by atoms with Crippen LogP contribution in [-0.4, -0.2) is 5.84 Å². The van der Waals surface area contributed by atoms with Gasteiger partial charge in [-0.3, -0.25) is 0 Å². The Labute approximate surface area is 218 Å². The molecule has 1 aliphatic heterocycles. The van der Waals surface area contributed by atoms with Gasteiger partial charge < -0.3 is 5.32 Å². The number of amidine groups is 1. The fourth-order valence-corrected chi connectivity index (χ4v) is 6.03. The minimum Gasteiger partial charge on any atom is -0.359 e. The highest BCUT2D eigenvalue weighted by atomic mass is 15.0. The predicted octanol–water partition coefficient (Wildman–Crippen LogP) is 8.28. The van der Waals surface area contributed by atoms with Gasteiger partial charge in [-0.1, -0.05) is 123 Å². The Bertz CT molecular complexity index is 1710. The largest absolute Gasteiger partial charge is 0.359 e. The molecule has 2 nitrogen and oxygen atoms in total. The molecule has 0 aromatic heterocycles. The maximum absolute atomic E-state index is 5.31. The lowest BCUT2D eigenvalue weighted by atomic mass is 9.81. The highest BCUT2D eigenvalue weighted by Gasteiger charge is 2.38. The van der Waals surface area contributed by atoms with Gasteiger partial charge in [-0.25, -0.2) is 4.99 Å². The van der Waals surface area contributed by atoms with E-state index in [0.717, 1.165) is 17.1 Å². The minimum atomic E-state index is -0.0864. The first kappa shape index (κ1) is 21.8. The molecule has 0 spiro atoms. The predicted molar refractivity (Wildman–Crippen MR) is 155 cm³/mol. The first-order valence-corrected chi connectivity index (χ1v) is 12.9. The molecule has 7 rings (SSSR count). The van der Waals surface area contributed by atoms with E-state index in [0.29, 0.717) is 0 Å². The molecule has 0 saturated heterocycles. The maximum atomic E-state index is 5.31. The second kappa shape index (κ2) is 8.31. The summed E-state index contributed by atoms with van der Waals surface area (Å²) in [7, 11) is 0. The molecule has 1 unspecified atom stereocenters. The molecule has 0 amide bonds. The number of nitrogens with zero attached hydrogens (tertiary/aromatic N) is 1. The molecular formula is C35H28N2. The molecule has 2 heteroatoms. The molecule has 5 aromatic carbocycles. The van der Waals surface area contributed by atoms with Crippen LogP contribution in [0.1, 0.15) is 47.7 Å². The fraction of sp³-hybridized carbons (Fsp3) is 0.114. The van der Waals surface area contributed by atoms with Gasteiger partial charge in [0.25, 0.3) is 0 Å². The Morgan fingerprint density at radius 3 is 2.16 bits per heavy atom. The average Bonchev–Trinajstić information content (AvgIpc) is 3.19. The van der Waals surface area contributed by atoms with Gasteiger partial charge in [0, 0.05) is 11.0 Å². The Morgan fingerprint density at radius 2 is 1.35 bits per heavy atom. The monoisotopic (exact) mass is 476 g/mol. The summed E-state index contributed by atoms with van der Waals surface area (Å²) in [6.07, 6.45) is 2.25. The number of aliphatic imine (C=N–C) groups is 1. The van der Waals surface area contributed by atoms with Crippen LogP contribution in [0.25, 0.3) is 27.6 Å². The van der Waals surface area contributed by atoms with Crippen molar-refractivity contribution in [2.75, 3.05) is 0 Å². The summed E-state index contributed by atoms with van der Waals surface area (Å²) in [4.78, 5) is 5.31. The van der Waals surface area contributed by atoms with E-state index in [4.69, 9.17) is 4.99 Å². The summed E-state index contributed by atoms with van der Waals surface area (Å²) in [6, 6.07) is 41.2. The first-order chi connectivity index (χ1) is 18.1. The van der Waals surface area contributed by atoms with Crippen molar-refractivity contribution < 1.29 is 0 Å². The highest BCUT2D eigenvalue weighted by Crippen LogP contribution is 2.52. The summed E-state index contributed by atoms with van der Waals surface area (Å²) in [5.74, 6) is 0.927. The van der Waals surface area contributed by atoms with Gasteiger partial charge in [0.15, 0.2) is 0 Å². The lowest BCUT2D eigenvalue weighted by Crippen LogP contribution is -2.32. The highest BCUT2D eigenvalue weighted by molar-refractivity contribution is 6.18. The van der Waals surface area contributed by atoms with Crippen LogP contribution in [0.5, 0.6) is 0 Å². The SMILES string of the molecule is CC1(C)c2ccccc2-c2c1cc1ccccc1c2C1=NC(c2ccccc2)=CC(c2ccccc2)N1. The molecular weight excluding hydrogens is 448 g/mol. The van der Waals surface area contributed by atoms with Crippen molar-refractivity contribution in [1.29, 1.82) is 0 Å². The van der Waals surface area contributed by atoms with E-state index in [9.17, 15) is 0 Å². The van der Waals surface area contributed by atoms with Crippen LogP contribution in [0.15, 0.2) is 126 Å². The minimum absolute atomic E-state index is 0.0168. The molecule has 2 aliphatic rings. The smallest absolute Gasteiger partial charge is 0.135 e. The number of fused-ring (bicyclic) bond motifs is 4. The second-order valence-electron chi connectivity index (χ2n) is 10.5. The summed E-state index contributed by atoms with van der Waals surface area (Å²) < 4.78 is 0. The first-order valence-electron chi connectivity index (χ1n) is 12.9. The normalized spacial score (nSPS) is 17.4. The fourth-order valence-electron chi connectivity index (χ4n) is 6.03. The molecule has 5 aromatic rings. The molecule has 1 heterocycles. The Hall–Kier alpha value is -4.43. The molecule has 1 atom stereocenters. The Morgan fingerprint density at radius 1 is 0.676 bits per heavy atom. The molecule has 37 heavy (non-hydrogen) atoms. The molecule has 0 fully saturated rings. The van der Waals surface area contributed by atoms with Crippen molar-refractivity contribution in [2.24, 2.45) is 4.99 Å². The van der Waals surface area contributed by atoms with E-state index in [1.54, 1.807) is 0 Å². The van der Waals surface area contributed by atoms with Crippen LogP contribution < -0.4 is 5.32 Å². The quantitative estimate of drug-likeness (QED) is 0.278. The van der Waals surface area contributed by atoms with Gasteiger partial charge in [0.05, 0.1) is 11.7 Å². The topological polar surface area (TPSA) is 24.4 Å². The van der Waals surface area contributed by atoms with Gasteiger partial charge in [-0.15, -0.1) is 0 Å². The van der Waals surface area contributed by atoms with E-state index < -0.39 is 0 Å². The van der Waals surface area contributed by atoms with Crippen molar-refractivity contribution in [3.05, 3.63) is 149 Å². The zero-order valence-corrected chi connectivity index (χ0v) is 21.1. The lowest BCUT2D eigenvalue weighted by Gasteiger charge is -2.27. The summed E-state index contributed by atoms with van der Waals surface area (Å²) in [6.45, 7) is 4.68. The Kier molecular flexibility index (Phi) is 4.90. The van der Waals surface area contributed by atoms with Crippen molar-refractivity contribution in [3.63, 3.8) is 0 Å². The van der Waals surface area contributed by atoms with Gasteiger partial charge in [0.1, 0.15) is 5.84 Å². The number of hydrogen-bond acceptors (Lipinski definition) is 2. The van der Waals surface area contributed by atoms with E-state index in [1.165, 1.54) is 44.2 Å². The van der Waals surface area contributed by atoms with Crippen LogP contribution >= 0.6 is 0 Å².